The van der Waals surface area contributed by atoms with Crippen molar-refractivity contribution in [3.8, 4) is 17.3 Å². The van der Waals surface area contributed by atoms with Crippen LogP contribution in [0.25, 0.3) is 11.5 Å². The molecule has 2 heterocycles. The Bertz CT molecular complexity index is 725. The number of methoxy groups -OCH3 is 1. The molecule has 0 fully saturated rings. The van der Waals surface area contributed by atoms with Crippen molar-refractivity contribution < 1.29 is 9.15 Å². The number of anilines is 1. The molecule has 0 aliphatic heterocycles. The number of aromatic nitrogens is 3. The van der Waals surface area contributed by atoms with Crippen molar-refractivity contribution in [2.45, 2.75) is 13.0 Å². The number of hydrogen-bond donors (Lipinski definition) is 1. The third kappa shape index (κ3) is 3.06. The first kappa shape index (κ1) is 14.1. The summed E-state index contributed by atoms with van der Waals surface area (Å²) in [6.07, 6.45) is 1.70. The van der Waals surface area contributed by atoms with E-state index in [1.807, 2.05) is 43.3 Å². The van der Waals surface area contributed by atoms with Crippen LogP contribution in [0.4, 0.5) is 5.69 Å². The maximum absolute atomic E-state index is 5.72. The SMILES string of the molecule is COc1ccc(NC(C)c2nnc(-c3ccccc3)o2)cn1. The zero-order valence-electron chi connectivity index (χ0n) is 12.4. The molecule has 0 amide bonds. The lowest BCUT2D eigenvalue weighted by Crippen LogP contribution is -2.07. The molecule has 3 aromatic rings. The van der Waals surface area contributed by atoms with Crippen molar-refractivity contribution in [1.82, 2.24) is 15.2 Å². The van der Waals surface area contributed by atoms with E-state index in [0.29, 0.717) is 17.7 Å². The predicted octanol–water partition coefficient (Wildman–Crippen LogP) is 3.31. The second-order valence-corrected chi connectivity index (χ2v) is 4.77. The monoisotopic (exact) mass is 296 g/mol. The average molecular weight is 296 g/mol. The quantitative estimate of drug-likeness (QED) is 0.778. The van der Waals surface area contributed by atoms with Crippen LogP contribution in [0, 0.1) is 0 Å². The molecular formula is C16H16N4O2. The van der Waals surface area contributed by atoms with Gasteiger partial charge in [0.2, 0.25) is 17.7 Å². The Balaban J connectivity index is 1.72. The van der Waals surface area contributed by atoms with Crippen LogP contribution in [-0.2, 0) is 0 Å². The number of hydrogen-bond acceptors (Lipinski definition) is 6. The first-order chi connectivity index (χ1) is 10.8. The summed E-state index contributed by atoms with van der Waals surface area (Å²) >= 11 is 0. The van der Waals surface area contributed by atoms with E-state index in [1.54, 1.807) is 19.4 Å². The molecule has 6 heteroatoms. The summed E-state index contributed by atoms with van der Waals surface area (Å²) in [5.41, 5.74) is 1.76. The number of nitrogens with one attached hydrogen (secondary N) is 1. The van der Waals surface area contributed by atoms with Crippen molar-refractivity contribution >= 4 is 5.69 Å². The summed E-state index contributed by atoms with van der Waals surface area (Å²) in [5.74, 6) is 1.61. The number of benzene rings is 1. The standard InChI is InChI=1S/C16H16N4O2/c1-11(18-13-8-9-14(21-2)17-10-13)15-19-20-16(22-15)12-6-4-3-5-7-12/h3-11,18H,1-2H3. The van der Waals surface area contributed by atoms with Gasteiger partial charge < -0.3 is 14.5 Å². The van der Waals surface area contributed by atoms with Gasteiger partial charge in [0, 0.05) is 11.6 Å². The van der Waals surface area contributed by atoms with Crippen LogP contribution in [0.15, 0.2) is 53.1 Å². The Morgan fingerprint density at radius 1 is 1.09 bits per heavy atom. The largest absolute Gasteiger partial charge is 0.481 e. The van der Waals surface area contributed by atoms with Gasteiger partial charge in [-0.25, -0.2) is 4.98 Å². The third-order valence-corrected chi connectivity index (χ3v) is 3.16. The van der Waals surface area contributed by atoms with Gasteiger partial charge in [0.15, 0.2) is 0 Å². The second-order valence-electron chi connectivity index (χ2n) is 4.77. The van der Waals surface area contributed by atoms with Crippen molar-refractivity contribution in [2.75, 3.05) is 12.4 Å². The topological polar surface area (TPSA) is 73.1 Å². The van der Waals surface area contributed by atoms with Gasteiger partial charge in [0.25, 0.3) is 0 Å². The summed E-state index contributed by atoms with van der Waals surface area (Å²) in [5, 5.41) is 11.4. The van der Waals surface area contributed by atoms with Gasteiger partial charge in [0.05, 0.1) is 19.0 Å². The van der Waals surface area contributed by atoms with Crippen molar-refractivity contribution in [2.24, 2.45) is 0 Å². The van der Waals surface area contributed by atoms with Crippen LogP contribution in [-0.4, -0.2) is 22.3 Å². The molecule has 0 bridgehead atoms. The highest BCUT2D eigenvalue weighted by atomic mass is 16.5. The fourth-order valence-corrected chi connectivity index (χ4v) is 2.01. The van der Waals surface area contributed by atoms with Gasteiger partial charge in [-0.3, -0.25) is 0 Å². The van der Waals surface area contributed by atoms with E-state index in [-0.39, 0.29) is 6.04 Å². The molecule has 0 aliphatic rings. The first-order valence-corrected chi connectivity index (χ1v) is 6.91. The van der Waals surface area contributed by atoms with Crippen molar-refractivity contribution in [1.29, 1.82) is 0 Å². The Morgan fingerprint density at radius 2 is 1.91 bits per heavy atom. The van der Waals surface area contributed by atoms with Crippen LogP contribution in [0.3, 0.4) is 0 Å². The van der Waals surface area contributed by atoms with Crippen molar-refractivity contribution in [3.05, 3.63) is 54.6 Å². The van der Waals surface area contributed by atoms with Crippen LogP contribution in [0.5, 0.6) is 5.88 Å². The van der Waals surface area contributed by atoms with Gasteiger partial charge in [-0.15, -0.1) is 10.2 Å². The molecule has 0 saturated carbocycles. The molecule has 0 saturated heterocycles. The summed E-state index contributed by atoms with van der Waals surface area (Å²) in [7, 11) is 1.58. The van der Waals surface area contributed by atoms with Gasteiger partial charge >= 0.3 is 0 Å². The van der Waals surface area contributed by atoms with Crippen LogP contribution in [0.2, 0.25) is 0 Å². The number of nitrogens with zero attached hydrogens (tertiary/aromatic N) is 3. The summed E-state index contributed by atoms with van der Waals surface area (Å²) in [6.45, 7) is 1.95. The van der Waals surface area contributed by atoms with E-state index in [4.69, 9.17) is 9.15 Å². The minimum Gasteiger partial charge on any atom is -0.481 e. The molecule has 0 spiro atoms. The molecule has 1 aromatic carbocycles. The fourth-order valence-electron chi connectivity index (χ4n) is 2.01. The van der Waals surface area contributed by atoms with Gasteiger partial charge in [-0.2, -0.15) is 0 Å². The molecule has 2 aromatic heterocycles. The molecule has 1 N–H and O–H groups in total. The van der Waals surface area contributed by atoms with Crippen molar-refractivity contribution in [3.63, 3.8) is 0 Å². The molecule has 112 valence electrons. The summed E-state index contributed by atoms with van der Waals surface area (Å²) in [4.78, 5) is 4.15. The molecule has 6 nitrogen and oxygen atoms in total. The summed E-state index contributed by atoms with van der Waals surface area (Å²) in [6, 6.07) is 13.2. The Morgan fingerprint density at radius 3 is 2.59 bits per heavy atom. The van der Waals surface area contributed by atoms with E-state index >= 15 is 0 Å². The normalized spacial score (nSPS) is 11.9. The minimum absolute atomic E-state index is 0.125. The maximum Gasteiger partial charge on any atom is 0.247 e. The molecule has 0 radical (unpaired) electrons. The van der Waals surface area contributed by atoms with E-state index in [9.17, 15) is 0 Å². The van der Waals surface area contributed by atoms with E-state index in [1.165, 1.54) is 0 Å². The smallest absolute Gasteiger partial charge is 0.247 e. The highest BCUT2D eigenvalue weighted by molar-refractivity contribution is 5.52. The van der Waals surface area contributed by atoms with Gasteiger partial charge in [0.1, 0.15) is 6.04 Å². The molecule has 1 unspecified atom stereocenters. The van der Waals surface area contributed by atoms with E-state index < -0.39 is 0 Å². The van der Waals surface area contributed by atoms with Crippen LogP contribution < -0.4 is 10.1 Å². The average Bonchev–Trinajstić information content (AvgIpc) is 3.06. The lowest BCUT2D eigenvalue weighted by atomic mass is 10.2. The number of rotatable bonds is 5. The highest BCUT2D eigenvalue weighted by Gasteiger charge is 2.15. The fraction of sp³-hybridized carbons (Fsp3) is 0.188. The van der Waals surface area contributed by atoms with E-state index in [2.05, 4.69) is 20.5 Å². The minimum atomic E-state index is -0.125. The van der Waals surface area contributed by atoms with Gasteiger partial charge in [-0.1, -0.05) is 18.2 Å². The van der Waals surface area contributed by atoms with Crippen LogP contribution in [0.1, 0.15) is 18.9 Å². The zero-order chi connectivity index (χ0) is 15.4. The van der Waals surface area contributed by atoms with Crippen LogP contribution >= 0.6 is 0 Å². The lowest BCUT2D eigenvalue weighted by molar-refractivity contribution is 0.398. The van der Waals surface area contributed by atoms with E-state index in [0.717, 1.165) is 11.3 Å². The summed E-state index contributed by atoms with van der Waals surface area (Å²) < 4.78 is 10.8. The predicted molar refractivity (Wildman–Crippen MR) is 82.6 cm³/mol. The third-order valence-electron chi connectivity index (χ3n) is 3.16. The molecule has 22 heavy (non-hydrogen) atoms. The maximum atomic E-state index is 5.72. The lowest BCUT2D eigenvalue weighted by Gasteiger charge is -2.11. The Labute approximate surface area is 128 Å². The Kier molecular flexibility index (Phi) is 4.00. The highest BCUT2D eigenvalue weighted by Crippen LogP contribution is 2.23. The first-order valence-electron chi connectivity index (χ1n) is 6.91. The Hall–Kier alpha value is -2.89. The second kappa shape index (κ2) is 6.26. The molecule has 1 atom stereocenters. The number of pyridine rings is 1. The number of ether oxygens (including phenoxy) is 1. The molecular weight excluding hydrogens is 280 g/mol. The molecule has 3 rings (SSSR count). The molecule has 0 aliphatic carbocycles. The van der Waals surface area contributed by atoms with Gasteiger partial charge in [-0.05, 0) is 25.1 Å². The zero-order valence-corrected chi connectivity index (χ0v) is 12.4.